The van der Waals surface area contributed by atoms with Crippen molar-refractivity contribution in [1.29, 1.82) is 0 Å². The van der Waals surface area contributed by atoms with E-state index in [0.29, 0.717) is 0 Å². The van der Waals surface area contributed by atoms with Crippen LogP contribution >= 0.6 is 32.3 Å². The summed E-state index contributed by atoms with van der Waals surface area (Å²) in [5.41, 5.74) is 0. The molecule has 0 aromatic heterocycles. The first-order valence-electron chi connectivity index (χ1n) is 2.34. The molecule has 5 heteroatoms. The third kappa shape index (κ3) is 1.63. The van der Waals surface area contributed by atoms with Crippen LogP contribution in [0.1, 0.15) is 0 Å². The molecule has 0 atom stereocenters. The third-order valence-corrected chi connectivity index (χ3v) is 3.67. The molecule has 54 valence electrons. The lowest BCUT2D eigenvalue weighted by atomic mass is 10.5. The summed E-state index contributed by atoms with van der Waals surface area (Å²) in [6.45, 7) is 0. The van der Waals surface area contributed by atoms with Gasteiger partial charge in [0.05, 0.1) is 0 Å². The molecule has 0 saturated heterocycles. The Kier molecular flexibility index (Phi) is 2.56. The zero-order valence-corrected chi connectivity index (χ0v) is 7.63. The van der Waals surface area contributed by atoms with E-state index in [1.807, 2.05) is 0 Å². The molecule has 3 nitrogen and oxygen atoms in total. The highest BCUT2D eigenvalue weighted by molar-refractivity contribution is 14.2. The standard InChI is InChI=1S/C5H3ClINO2/c6-4-3(5(9)10)7-1-2-8-4/h1-2H,(H,9,10). The van der Waals surface area contributed by atoms with Crippen molar-refractivity contribution in [3.05, 3.63) is 10.3 Å². The lowest BCUT2D eigenvalue weighted by molar-refractivity contribution is -0.128. The Hall–Kier alpha value is -0.230. The normalized spacial score (nSPS) is 16.9. The summed E-state index contributed by atoms with van der Waals surface area (Å²) < 4.78 is 2.02. The van der Waals surface area contributed by atoms with Crippen LogP contribution in [0.3, 0.4) is 0 Å². The number of aliphatic carboxylic acids is 1. The summed E-state index contributed by atoms with van der Waals surface area (Å²) in [5.74, 6) is -0.953. The second-order valence-corrected chi connectivity index (χ2v) is 4.20. The van der Waals surface area contributed by atoms with Gasteiger partial charge in [0, 0.05) is 6.20 Å². The van der Waals surface area contributed by atoms with Gasteiger partial charge in [-0.2, -0.15) is 0 Å². The van der Waals surface area contributed by atoms with E-state index < -0.39 is 26.7 Å². The number of nitrogens with zero attached hydrogens (tertiary/aromatic N) is 1. The van der Waals surface area contributed by atoms with Crippen LogP contribution in [0.5, 0.6) is 0 Å². The maximum absolute atomic E-state index is 10.4. The second-order valence-electron chi connectivity index (χ2n) is 1.42. The van der Waals surface area contributed by atoms with Gasteiger partial charge in [0.2, 0.25) is 0 Å². The van der Waals surface area contributed by atoms with E-state index >= 15 is 0 Å². The minimum Gasteiger partial charge on any atom is -0.477 e. The van der Waals surface area contributed by atoms with Gasteiger partial charge in [-0.05, 0) is 4.08 Å². The van der Waals surface area contributed by atoms with Crippen molar-refractivity contribution >= 4 is 47.0 Å². The average Bonchev–Trinajstić information content (AvgIpc) is 1.88. The maximum Gasteiger partial charge on any atom is 0.344 e. The number of halogens is 2. The molecule has 0 fully saturated rings. The fourth-order valence-electron chi connectivity index (χ4n) is 0.421. The largest absolute Gasteiger partial charge is 0.477 e. The van der Waals surface area contributed by atoms with Crippen LogP contribution in [0, 0.1) is 0 Å². The van der Waals surface area contributed by atoms with Gasteiger partial charge in [-0.15, -0.1) is 0 Å². The van der Waals surface area contributed by atoms with Crippen LogP contribution in [0.4, 0.5) is 0 Å². The summed E-state index contributed by atoms with van der Waals surface area (Å²) in [5, 5.41) is 8.63. The molecule has 0 bridgehead atoms. The van der Waals surface area contributed by atoms with E-state index in [1.54, 1.807) is 10.3 Å². The summed E-state index contributed by atoms with van der Waals surface area (Å²) in [4.78, 5) is 14.0. The van der Waals surface area contributed by atoms with Crippen molar-refractivity contribution in [1.82, 2.24) is 0 Å². The Labute approximate surface area is 72.2 Å². The van der Waals surface area contributed by atoms with E-state index in [1.165, 1.54) is 0 Å². The molecular formula is C5H3ClINO2. The van der Waals surface area contributed by atoms with E-state index in [2.05, 4.69) is 4.99 Å². The third-order valence-electron chi connectivity index (χ3n) is 0.785. The first-order chi connectivity index (χ1) is 4.72. The van der Waals surface area contributed by atoms with Gasteiger partial charge in [-0.25, -0.2) is 9.79 Å². The molecule has 0 radical (unpaired) electrons. The monoisotopic (exact) mass is 271 g/mol. The van der Waals surface area contributed by atoms with Gasteiger partial charge in [0.1, 0.15) is 8.68 Å². The molecular weight excluding hydrogens is 268 g/mol. The molecule has 0 spiro atoms. The molecule has 1 aliphatic rings. The van der Waals surface area contributed by atoms with Gasteiger partial charge >= 0.3 is 5.97 Å². The summed E-state index contributed by atoms with van der Waals surface area (Å²) in [6.07, 6.45) is 1.54. The minimum absolute atomic E-state index is 0.128. The Morgan fingerprint density at radius 2 is 2.50 bits per heavy atom. The van der Waals surface area contributed by atoms with Crippen molar-refractivity contribution in [2.24, 2.45) is 4.99 Å². The smallest absolute Gasteiger partial charge is 0.344 e. The predicted molar refractivity (Wildman–Crippen MR) is 49.1 cm³/mol. The van der Waals surface area contributed by atoms with Crippen molar-refractivity contribution in [3.63, 3.8) is 0 Å². The Morgan fingerprint density at radius 1 is 1.80 bits per heavy atom. The van der Waals surface area contributed by atoms with E-state index in [4.69, 9.17) is 16.7 Å². The molecule has 1 heterocycles. The molecule has 10 heavy (non-hydrogen) atoms. The van der Waals surface area contributed by atoms with Crippen molar-refractivity contribution in [2.45, 2.75) is 0 Å². The molecule has 1 rings (SSSR count). The van der Waals surface area contributed by atoms with Gasteiger partial charge < -0.3 is 5.11 Å². The Bertz CT molecular complexity index is 256. The van der Waals surface area contributed by atoms with Crippen LogP contribution < -0.4 is 0 Å². The van der Waals surface area contributed by atoms with Gasteiger partial charge in [0.15, 0.2) is 0 Å². The van der Waals surface area contributed by atoms with Crippen LogP contribution in [-0.4, -0.2) is 19.8 Å². The van der Waals surface area contributed by atoms with E-state index in [9.17, 15) is 4.79 Å². The fourth-order valence-corrected chi connectivity index (χ4v) is 2.18. The van der Waals surface area contributed by atoms with Crippen LogP contribution in [-0.2, 0) is 4.79 Å². The van der Waals surface area contributed by atoms with Crippen LogP contribution in [0.2, 0.25) is 0 Å². The quantitative estimate of drug-likeness (QED) is 0.732. The molecule has 1 N–H and O–H groups in total. The Morgan fingerprint density at radius 3 is 2.90 bits per heavy atom. The van der Waals surface area contributed by atoms with Crippen molar-refractivity contribution in [2.75, 3.05) is 0 Å². The van der Waals surface area contributed by atoms with Gasteiger partial charge in [-0.3, -0.25) is 0 Å². The topological polar surface area (TPSA) is 49.7 Å². The zero-order valence-electron chi connectivity index (χ0n) is 4.71. The summed E-state index contributed by atoms with van der Waals surface area (Å²) >= 11 is 4.93. The van der Waals surface area contributed by atoms with E-state index in [0.717, 1.165) is 0 Å². The lowest BCUT2D eigenvalue weighted by Gasteiger charge is -1.97. The number of hydrogen-bond donors (Lipinski definition) is 1. The second kappa shape index (κ2) is 3.25. The van der Waals surface area contributed by atoms with E-state index in [-0.39, 0.29) is 8.68 Å². The Balaban J connectivity index is 2.98. The zero-order chi connectivity index (χ0) is 7.56. The molecule has 0 aromatic rings. The van der Waals surface area contributed by atoms with Gasteiger partial charge in [-0.1, -0.05) is 32.3 Å². The average molecular weight is 271 g/mol. The maximum atomic E-state index is 10.4. The molecule has 0 unspecified atom stereocenters. The lowest BCUT2D eigenvalue weighted by Crippen LogP contribution is -2.17. The number of carboxylic acids is 1. The van der Waals surface area contributed by atoms with Gasteiger partial charge in [0.25, 0.3) is 0 Å². The number of carbonyl (C=O) groups is 1. The molecule has 1 aliphatic heterocycles. The number of hydrogen-bond acceptors (Lipinski definition) is 2. The number of aliphatic imine (C=N–C) groups is 1. The molecule has 0 saturated carbocycles. The highest BCUT2D eigenvalue weighted by atomic mass is 127. The predicted octanol–water partition coefficient (Wildman–Crippen LogP) is 1.34. The molecule has 0 aromatic carbocycles. The first-order valence-corrected chi connectivity index (χ1v) is 5.04. The summed E-state index contributed by atoms with van der Waals surface area (Å²) in [7, 11) is 0. The highest BCUT2D eigenvalue weighted by Crippen LogP contribution is 2.12. The first kappa shape index (κ1) is 7.87. The number of rotatable bonds is 1. The van der Waals surface area contributed by atoms with Crippen LogP contribution in [0.15, 0.2) is 15.3 Å². The highest BCUT2D eigenvalue weighted by Gasteiger charge is 2.13. The SMILES string of the molecule is O=C(O)C1=IC=CN=C1Cl. The minimum atomic E-state index is -0.953. The molecule has 0 aliphatic carbocycles. The van der Waals surface area contributed by atoms with Crippen molar-refractivity contribution < 1.29 is 9.90 Å². The summed E-state index contributed by atoms with van der Waals surface area (Å²) in [6, 6.07) is 0. The van der Waals surface area contributed by atoms with Crippen LogP contribution in [0.25, 0.3) is 0 Å². The van der Waals surface area contributed by atoms with Crippen molar-refractivity contribution in [3.8, 4) is 0 Å². The molecule has 0 amide bonds. The number of carboxylic acid groups (broad SMARTS) is 1. The fraction of sp³-hybridized carbons (Fsp3) is 0.